The molecule has 0 fully saturated rings. The molecular formula is C14H13ClFNO2. The summed E-state index contributed by atoms with van der Waals surface area (Å²) in [5, 5.41) is 0.326. The van der Waals surface area contributed by atoms with Gasteiger partial charge in [0.15, 0.2) is 0 Å². The second-order valence-corrected chi connectivity index (χ2v) is 4.30. The molecule has 19 heavy (non-hydrogen) atoms. The van der Waals surface area contributed by atoms with Crippen molar-refractivity contribution in [3.05, 3.63) is 52.8 Å². The molecule has 0 spiro atoms. The number of nitrogen functional groups attached to an aromatic ring is 1. The minimum Gasteiger partial charge on any atom is -0.497 e. The van der Waals surface area contributed by atoms with Crippen LogP contribution >= 0.6 is 11.6 Å². The van der Waals surface area contributed by atoms with E-state index in [0.29, 0.717) is 27.8 Å². The van der Waals surface area contributed by atoms with Crippen molar-refractivity contribution in [2.75, 3.05) is 12.8 Å². The number of anilines is 1. The summed E-state index contributed by atoms with van der Waals surface area (Å²) in [6.07, 6.45) is 0. The van der Waals surface area contributed by atoms with Gasteiger partial charge < -0.3 is 15.2 Å². The lowest BCUT2D eigenvalue weighted by atomic mass is 10.2. The van der Waals surface area contributed by atoms with Crippen molar-refractivity contribution in [3.63, 3.8) is 0 Å². The highest BCUT2D eigenvalue weighted by atomic mass is 35.5. The van der Waals surface area contributed by atoms with Crippen LogP contribution in [0.2, 0.25) is 5.02 Å². The summed E-state index contributed by atoms with van der Waals surface area (Å²) in [5.74, 6) is 0.688. The van der Waals surface area contributed by atoms with E-state index in [4.69, 9.17) is 26.8 Å². The summed E-state index contributed by atoms with van der Waals surface area (Å²) < 4.78 is 24.1. The highest BCUT2D eigenvalue weighted by Crippen LogP contribution is 2.28. The monoisotopic (exact) mass is 281 g/mol. The molecule has 0 amide bonds. The predicted molar refractivity (Wildman–Crippen MR) is 73.1 cm³/mol. The van der Waals surface area contributed by atoms with Crippen molar-refractivity contribution in [3.8, 4) is 11.5 Å². The molecule has 0 aliphatic heterocycles. The van der Waals surface area contributed by atoms with Crippen LogP contribution in [0.3, 0.4) is 0 Å². The fourth-order valence-corrected chi connectivity index (χ4v) is 1.82. The molecule has 5 heteroatoms. The van der Waals surface area contributed by atoms with Gasteiger partial charge in [-0.25, -0.2) is 4.39 Å². The first-order valence-corrected chi connectivity index (χ1v) is 5.99. The van der Waals surface area contributed by atoms with Gasteiger partial charge in [0, 0.05) is 11.6 Å². The van der Waals surface area contributed by atoms with Gasteiger partial charge in [0.05, 0.1) is 17.8 Å². The van der Waals surface area contributed by atoms with Crippen molar-refractivity contribution >= 4 is 17.3 Å². The van der Waals surface area contributed by atoms with Gasteiger partial charge >= 0.3 is 0 Å². The van der Waals surface area contributed by atoms with E-state index in [1.54, 1.807) is 37.4 Å². The van der Waals surface area contributed by atoms with Crippen LogP contribution in [0.15, 0.2) is 36.4 Å². The Morgan fingerprint density at radius 3 is 2.68 bits per heavy atom. The van der Waals surface area contributed by atoms with Crippen molar-refractivity contribution < 1.29 is 13.9 Å². The number of methoxy groups -OCH3 is 1. The van der Waals surface area contributed by atoms with Crippen molar-refractivity contribution in [2.45, 2.75) is 6.61 Å². The molecule has 0 saturated heterocycles. The largest absolute Gasteiger partial charge is 0.497 e. The number of rotatable bonds is 4. The number of hydrogen-bond acceptors (Lipinski definition) is 3. The standard InChI is InChI=1S/C14H13ClFNO2/c1-18-9-5-6-14(13(17)7-9)19-8-10-11(15)3-2-4-12(10)16/h2-7H,8,17H2,1H3. The summed E-state index contributed by atoms with van der Waals surface area (Å²) in [6.45, 7) is 0.0159. The first-order valence-electron chi connectivity index (χ1n) is 5.61. The Morgan fingerprint density at radius 1 is 1.26 bits per heavy atom. The topological polar surface area (TPSA) is 44.5 Å². The second-order valence-electron chi connectivity index (χ2n) is 3.89. The van der Waals surface area contributed by atoms with E-state index in [0.717, 1.165) is 0 Å². The fourth-order valence-electron chi connectivity index (χ4n) is 1.61. The van der Waals surface area contributed by atoms with Gasteiger partial charge in [0.2, 0.25) is 0 Å². The van der Waals surface area contributed by atoms with E-state index in [2.05, 4.69) is 0 Å². The number of ether oxygens (including phenoxy) is 2. The Kier molecular flexibility index (Phi) is 4.12. The molecular weight excluding hydrogens is 269 g/mol. The quantitative estimate of drug-likeness (QED) is 0.870. The summed E-state index contributed by atoms with van der Waals surface area (Å²) in [6, 6.07) is 9.52. The second kappa shape index (κ2) is 5.80. The van der Waals surface area contributed by atoms with E-state index in [1.165, 1.54) is 6.07 Å². The normalized spacial score (nSPS) is 10.3. The van der Waals surface area contributed by atoms with Crippen LogP contribution in [0.1, 0.15) is 5.56 Å². The zero-order chi connectivity index (χ0) is 13.8. The van der Waals surface area contributed by atoms with Crippen LogP contribution < -0.4 is 15.2 Å². The predicted octanol–water partition coefficient (Wildman–Crippen LogP) is 3.65. The van der Waals surface area contributed by atoms with Crippen LogP contribution in [-0.2, 0) is 6.61 Å². The highest BCUT2D eigenvalue weighted by Gasteiger charge is 2.09. The van der Waals surface area contributed by atoms with E-state index < -0.39 is 5.82 Å². The van der Waals surface area contributed by atoms with Crippen LogP contribution in [0, 0.1) is 5.82 Å². The van der Waals surface area contributed by atoms with Crippen molar-refractivity contribution in [2.24, 2.45) is 0 Å². The summed E-state index contributed by atoms with van der Waals surface area (Å²) in [4.78, 5) is 0. The minimum atomic E-state index is -0.403. The molecule has 0 saturated carbocycles. The van der Waals surface area contributed by atoms with Gasteiger partial charge in [0.25, 0.3) is 0 Å². The van der Waals surface area contributed by atoms with Crippen LogP contribution in [0.25, 0.3) is 0 Å². The van der Waals surface area contributed by atoms with Gasteiger partial charge in [-0.1, -0.05) is 17.7 Å². The number of halogens is 2. The minimum absolute atomic E-state index is 0.0159. The third-order valence-electron chi connectivity index (χ3n) is 2.65. The average molecular weight is 282 g/mol. The Labute approximate surface area is 115 Å². The van der Waals surface area contributed by atoms with Gasteiger partial charge in [-0.05, 0) is 24.3 Å². The molecule has 2 N–H and O–H groups in total. The van der Waals surface area contributed by atoms with Gasteiger partial charge in [-0.3, -0.25) is 0 Å². The number of nitrogens with two attached hydrogens (primary N) is 1. The maximum Gasteiger partial charge on any atom is 0.142 e. The Balaban J connectivity index is 2.15. The molecule has 0 atom stereocenters. The fraction of sp³-hybridized carbons (Fsp3) is 0.143. The Bertz CT molecular complexity index is 569. The zero-order valence-corrected chi connectivity index (χ0v) is 11.1. The number of hydrogen-bond donors (Lipinski definition) is 1. The maximum atomic E-state index is 13.6. The first-order chi connectivity index (χ1) is 9.11. The van der Waals surface area contributed by atoms with Crippen molar-refractivity contribution in [1.82, 2.24) is 0 Å². The third kappa shape index (κ3) is 3.09. The van der Waals surface area contributed by atoms with Gasteiger partial charge in [0.1, 0.15) is 23.9 Å². The van der Waals surface area contributed by atoms with E-state index >= 15 is 0 Å². The molecule has 100 valence electrons. The van der Waals surface area contributed by atoms with Gasteiger partial charge in [-0.15, -0.1) is 0 Å². The van der Waals surface area contributed by atoms with Crippen LogP contribution in [0.4, 0.5) is 10.1 Å². The molecule has 0 aliphatic carbocycles. The molecule has 0 unspecified atom stereocenters. The average Bonchev–Trinajstić information content (AvgIpc) is 2.39. The maximum absolute atomic E-state index is 13.6. The van der Waals surface area contributed by atoms with Gasteiger partial charge in [-0.2, -0.15) is 0 Å². The molecule has 0 aliphatic rings. The molecule has 0 aromatic heterocycles. The zero-order valence-electron chi connectivity index (χ0n) is 10.3. The molecule has 2 aromatic carbocycles. The van der Waals surface area contributed by atoms with E-state index in [9.17, 15) is 4.39 Å². The summed E-state index contributed by atoms with van der Waals surface area (Å²) in [5.41, 5.74) is 6.53. The molecule has 3 nitrogen and oxygen atoms in total. The Hall–Kier alpha value is -1.94. The lowest BCUT2D eigenvalue weighted by Gasteiger charge is -2.11. The highest BCUT2D eigenvalue weighted by molar-refractivity contribution is 6.31. The molecule has 0 bridgehead atoms. The van der Waals surface area contributed by atoms with Crippen molar-refractivity contribution in [1.29, 1.82) is 0 Å². The first kappa shape index (κ1) is 13.5. The molecule has 2 rings (SSSR count). The smallest absolute Gasteiger partial charge is 0.142 e. The molecule has 0 heterocycles. The lowest BCUT2D eigenvalue weighted by molar-refractivity contribution is 0.301. The third-order valence-corrected chi connectivity index (χ3v) is 3.00. The molecule has 2 aromatic rings. The van der Waals surface area contributed by atoms with Crippen LogP contribution in [-0.4, -0.2) is 7.11 Å². The van der Waals surface area contributed by atoms with E-state index in [1.807, 2.05) is 0 Å². The summed E-state index contributed by atoms with van der Waals surface area (Å²) in [7, 11) is 1.55. The van der Waals surface area contributed by atoms with Crippen LogP contribution in [0.5, 0.6) is 11.5 Å². The summed E-state index contributed by atoms with van der Waals surface area (Å²) >= 11 is 5.91. The lowest BCUT2D eigenvalue weighted by Crippen LogP contribution is -2.02. The SMILES string of the molecule is COc1ccc(OCc2c(F)cccc2Cl)c(N)c1. The van der Waals surface area contributed by atoms with E-state index in [-0.39, 0.29) is 6.61 Å². The Morgan fingerprint density at radius 2 is 2.05 bits per heavy atom. The number of benzene rings is 2. The molecule has 0 radical (unpaired) electrons.